The molecule has 2 aliphatic rings. The molecule has 11 heteroatoms. The molecule has 3 N–H and O–H groups in total. The Hall–Kier alpha value is -2.68. The molecule has 2 aromatic rings. The number of anilines is 1. The number of hydrogen-bond acceptors (Lipinski definition) is 6. The molecule has 0 fully saturated rings. The molecular weight excluding hydrogens is 430 g/mol. The van der Waals surface area contributed by atoms with Gasteiger partial charge >= 0.3 is 0 Å². The van der Waals surface area contributed by atoms with Crippen LogP contribution in [0.3, 0.4) is 0 Å². The van der Waals surface area contributed by atoms with E-state index in [2.05, 4.69) is 10.4 Å². The minimum atomic E-state index is -3.50. The average molecular weight is 453 g/mol. The van der Waals surface area contributed by atoms with Gasteiger partial charge in [-0.3, -0.25) is 9.58 Å². The van der Waals surface area contributed by atoms with Crippen molar-refractivity contribution >= 4 is 5.69 Å². The Morgan fingerprint density at radius 3 is 2.84 bits per heavy atom. The molecule has 0 saturated heterocycles. The maximum atomic E-state index is 15.1. The van der Waals surface area contributed by atoms with E-state index in [1.807, 2.05) is 6.92 Å². The standard InChI is InChI=1S/C21H23F4N5O2/c1-12-6-17-15(18-21(24,25)10-20(32,11-22)4-5-30(18)28-17)9-29(12)19(31)27-14-2-3-16(23)13(7-14)8-26/h2-3,7,12,19,27,31-32H,4-6,9-11H2,1H3/t12-,19?,20-/m1/s1. The van der Waals surface area contributed by atoms with Gasteiger partial charge < -0.3 is 15.5 Å². The van der Waals surface area contributed by atoms with Crippen molar-refractivity contribution in [3.05, 3.63) is 46.5 Å². The zero-order valence-electron chi connectivity index (χ0n) is 17.3. The van der Waals surface area contributed by atoms with Gasteiger partial charge in [0.2, 0.25) is 0 Å². The van der Waals surface area contributed by atoms with Crippen molar-refractivity contribution in [1.29, 1.82) is 5.26 Å². The van der Waals surface area contributed by atoms with E-state index in [4.69, 9.17) is 5.26 Å². The third kappa shape index (κ3) is 3.94. The first kappa shape index (κ1) is 22.5. The highest BCUT2D eigenvalue weighted by atomic mass is 19.3. The summed E-state index contributed by atoms with van der Waals surface area (Å²) in [6.45, 7) is 0.434. The average Bonchev–Trinajstić information content (AvgIpc) is 3.06. The van der Waals surface area contributed by atoms with Crippen LogP contribution in [0.1, 0.15) is 42.3 Å². The molecule has 7 nitrogen and oxygen atoms in total. The Morgan fingerprint density at radius 1 is 1.41 bits per heavy atom. The molecule has 0 saturated carbocycles. The fraction of sp³-hybridized carbons (Fsp3) is 0.524. The maximum absolute atomic E-state index is 15.1. The Morgan fingerprint density at radius 2 is 2.16 bits per heavy atom. The van der Waals surface area contributed by atoms with E-state index >= 15 is 8.78 Å². The number of aliphatic hydroxyl groups excluding tert-OH is 1. The molecule has 1 aromatic carbocycles. The molecule has 0 aliphatic carbocycles. The molecule has 1 unspecified atom stereocenters. The lowest BCUT2D eigenvalue weighted by molar-refractivity contribution is -0.102. The smallest absolute Gasteiger partial charge is 0.292 e. The van der Waals surface area contributed by atoms with Crippen molar-refractivity contribution < 1.29 is 27.8 Å². The zero-order chi connectivity index (χ0) is 23.3. The van der Waals surface area contributed by atoms with Gasteiger partial charge in [0.1, 0.15) is 29.9 Å². The second kappa shape index (κ2) is 8.03. The van der Waals surface area contributed by atoms with Crippen LogP contribution in [0, 0.1) is 17.1 Å². The molecule has 1 aromatic heterocycles. The largest absolute Gasteiger partial charge is 0.387 e. The van der Waals surface area contributed by atoms with E-state index in [-0.39, 0.29) is 42.4 Å². The Balaban J connectivity index is 1.61. The number of nitrogens with zero attached hydrogens (tertiary/aromatic N) is 4. The van der Waals surface area contributed by atoms with Gasteiger partial charge in [-0.2, -0.15) is 19.1 Å². The second-order valence-electron chi connectivity index (χ2n) is 8.54. The number of hydrogen-bond donors (Lipinski definition) is 3. The lowest BCUT2D eigenvalue weighted by atomic mass is 9.91. The predicted molar refractivity (Wildman–Crippen MR) is 106 cm³/mol. The van der Waals surface area contributed by atoms with Gasteiger partial charge in [-0.25, -0.2) is 8.78 Å². The summed E-state index contributed by atoms with van der Waals surface area (Å²) in [5.41, 5.74) is -1.67. The maximum Gasteiger partial charge on any atom is 0.292 e. The number of aliphatic hydroxyl groups is 2. The number of halogens is 4. The highest BCUT2D eigenvalue weighted by Gasteiger charge is 2.50. The molecule has 0 radical (unpaired) electrons. The summed E-state index contributed by atoms with van der Waals surface area (Å²) in [7, 11) is 0. The number of nitriles is 1. The number of rotatable bonds is 4. The monoisotopic (exact) mass is 453 g/mol. The topological polar surface area (TPSA) is 97.3 Å². The minimum absolute atomic E-state index is 0.0416. The van der Waals surface area contributed by atoms with Crippen LogP contribution in [-0.4, -0.2) is 49.6 Å². The summed E-state index contributed by atoms with van der Waals surface area (Å²) in [6.07, 6.45) is -2.24. The van der Waals surface area contributed by atoms with E-state index in [9.17, 15) is 19.0 Å². The van der Waals surface area contributed by atoms with E-state index in [0.717, 1.165) is 10.7 Å². The molecule has 0 bridgehead atoms. The van der Waals surface area contributed by atoms with Crippen LogP contribution in [0.5, 0.6) is 0 Å². The Kier molecular flexibility index (Phi) is 5.65. The van der Waals surface area contributed by atoms with Gasteiger partial charge in [-0.05, 0) is 31.5 Å². The summed E-state index contributed by atoms with van der Waals surface area (Å²) >= 11 is 0. The lowest BCUT2D eigenvalue weighted by Gasteiger charge is -2.37. The van der Waals surface area contributed by atoms with E-state index < -0.39 is 36.8 Å². The second-order valence-corrected chi connectivity index (χ2v) is 8.54. The molecule has 32 heavy (non-hydrogen) atoms. The highest BCUT2D eigenvalue weighted by Crippen LogP contribution is 2.44. The number of fused-ring (bicyclic) bond motifs is 3. The van der Waals surface area contributed by atoms with Crippen molar-refractivity contribution in [2.75, 3.05) is 12.0 Å². The number of nitrogens with one attached hydrogen (secondary N) is 1. The normalized spacial score (nSPS) is 25.9. The minimum Gasteiger partial charge on any atom is -0.387 e. The summed E-state index contributed by atoms with van der Waals surface area (Å²) in [5.74, 6) is -4.19. The van der Waals surface area contributed by atoms with Crippen LogP contribution < -0.4 is 5.32 Å². The third-order valence-electron chi connectivity index (χ3n) is 6.16. The van der Waals surface area contributed by atoms with Crippen LogP contribution in [0.25, 0.3) is 0 Å². The highest BCUT2D eigenvalue weighted by molar-refractivity contribution is 5.50. The number of alkyl halides is 3. The number of aromatic nitrogens is 2. The number of benzene rings is 1. The van der Waals surface area contributed by atoms with E-state index in [1.54, 1.807) is 11.0 Å². The molecule has 0 spiro atoms. The van der Waals surface area contributed by atoms with Gasteiger partial charge in [0.15, 0.2) is 6.35 Å². The molecule has 4 rings (SSSR count). The molecule has 3 atom stereocenters. The van der Waals surface area contributed by atoms with E-state index in [1.165, 1.54) is 12.1 Å². The van der Waals surface area contributed by atoms with Crippen molar-refractivity contribution in [2.24, 2.45) is 0 Å². The van der Waals surface area contributed by atoms with Gasteiger partial charge in [0, 0.05) is 43.2 Å². The molecule has 0 amide bonds. The van der Waals surface area contributed by atoms with Crippen molar-refractivity contribution in [2.45, 2.75) is 63.2 Å². The lowest BCUT2D eigenvalue weighted by Crippen LogP contribution is -2.49. The van der Waals surface area contributed by atoms with Crippen molar-refractivity contribution in [3.63, 3.8) is 0 Å². The first-order valence-corrected chi connectivity index (χ1v) is 10.2. The summed E-state index contributed by atoms with van der Waals surface area (Å²) < 4.78 is 58.2. The Labute approximate surface area is 181 Å². The van der Waals surface area contributed by atoms with Crippen LogP contribution in [0.15, 0.2) is 18.2 Å². The van der Waals surface area contributed by atoms with Gasteiger partial charge in [-0.15, -0.1) is 0 Å². The summed E-state index contributed by atoms with van der Waals surface area (Å²) in [5, 5.41) is 37.0. The third-order valence-corrected chi connectivity index (χ3v) is 6.16. The molecule has 172 valence electrons. The van der Waals surface area contributed by atoms with Crippen LogP contribution in [-0.2, 0) is 25.4 Å². The zero-order valence-corrected chi connectivity index (χ0v) is 17.3. The van der Waals surface area contributed by atoms with Crippen LogP contribution >= 0.6 is 0 Å². The molecular formula is C21H23F4N5O2. The van der Waals surface area contributed by atoms with Gasteiger partial charge in [-0.1, -0.05) is 0 Å². The quantitative estimate of drug-likeness (QED) is 0.487. The number of aryl methyl sites for hydroxylation is 1. The Bertz CT molecular complexity index is 1070. The van der Waals surface area contributed by atoms with Crippen LogP contribution in [0.4, 0.5) is 23.2 Å². The fourth-order valence-electron chi connectivity index (χ4n) is 4.46. The SMILES string of the molecule is C[C@@H]1Cc2nn3c(c2CN1C(O)Nc1ccc(F)c(C#N)c1)C(F)(F)C[C@@](O)(CF)CC3. The van der Waals surface area contributed by atoms with Crippen molar-refractivity contribution in [3.8, 4) is 6.07 Å². The molecule has 2 aliphatic heterocycles. The first-order chi connectivity index (χ1) is 15.1. The van der Waals surface area contributed by atoms with Gasteiger partial charge in [0.05, 0.1) is 11.3 Å². The van der Waals surface area contributed by atoms with Gasteiger partial charge in [0.25, 0.3) is 5.92 Å². The summed E-state index contributed by atoms with van der Waals surface area (Å²) in [6, 6.07) is 5.15. The van der Waals surface area contributed by atoms with E-state index in [0.29, 0.717) is 17.8 Å². The predicted octanol–water partition coefficient (Wildman–Crippen LogP) is 2.61. The summed E-state index contributed by atoms with van der Waals surface area (Å²) in [4.78, 5) is 1.54. The molecule has 3 heterocycles. The fourth-order valence-corrected chi connectivity index (χ4v) is 4.46. The van der Waals surface area contributed by atoms with Crippen molar-refractivity contribution in [1.82, 2.24) is 14.7 Å². The first-order valence-electron chi connectivity index (χ1n) is 10.2. The van der Waals surface area contributed by atoms with Crippen LogP contribution in [0.2, 0.25) is 0 Å².